The maximum atomic E-state index is 12.2. The van der Waals surface area contributed by atoms with Crippen molar-refractivity contribution in [2.75, 3.05) is 6.54 Å². The molecule has 0 radical (unpaired) electrons. The molecule has 0 bridgehead atoms. The van der Waals surface area contributed by atoms with Gasteiger partial charge in [0.15, 0.2) is 5.25 Å². The number of sulfonamides is 1. The Labute approximate surface area is 117 Å². The zero-order valence-corrected chi connectivity index (χ0v) is 11.7. The van der Waals surface area contributed by atoms with Gasteiger partial charge in [-0.1, -0.05) is 6.07 Å². The number of aromatic nitrogens is 1. The SMILES string of the molecule is CC(C(=O)O)S(=O)(=O)N(CCC#N)Cc1cccnc1. The molecule has 1 atom stereocenters. The normalized spacial score (nSPS) is 12.8. The van der Waals surface area contributed by atoms with Crippen molar-refractivity contribution in [3.05, 3.63) is 30.1 Å². The maximum Gasteiger partial charge on any atom is 0.323 e. The topological polar surface area (TPSA) is 111 Å². The van der Waals surface area contributed by atoms with Crippen LogP contribution < -0.4 is 0 Å². The Bertz CT molecular complexity index is 595. The van der Waals surface area contributed by atoms with E-state index < -0.39 is 21.2 Å². The van der Waals surface area contributed by atoms with E-state index in [-0.39, 0.29) is 19.5 Å². The van der Waals surface area contributed by atoms with Crippen LogP contribution in [0.4, 0.5) is 0 Å². The van der Waals surface area contributed by atoms with Gasteiger partial charge in [0.05, 0.1) is 6.07 Å². The monoisotopic (exact) mass is 297 g/mol. The van der Waals surface area contributed by atoms with Gasteiger partial charge in [-0.15, -0.1) is 0 Å². The Morgan fingerprint density at radius 3 is 2.80 bits per heavy atom. The molecule has 20 heavy (non-hydrogen) atoms. The number of aliphatic carboxylic acids is 1. The first-order chi connectivity index (χ1) is 9.39. The zero-order valence-electron chi connectivity index (χ0n) is 10.9. The third-order valence-electron chi connectivity index (χ3n) is 2.71. The van der Waals surface area contributed by atoms with Crippen LogP contribution in [0.5, 0.6) is 0 Å². The molecule has 0 aliphatic rings. The molecule has 1 unspecified atom stereocenters. The molecule has 0 saturated heterocycles. The minimum atomic E-state index is -4.02. The molecule has 0 fully saturated rings. The highest BCUT2D eigenvalue weighted by atomic mass is 32.2. The highest BCUT2D eigenvalue weighted by Crippen LogP contribution is 2.14. The standard InChI is InChI=1S/C12H15N3O4S/c1-10(12(16)17)20(18,19)15(7-3-5-13)9-11-4-2-6-14-8-11/h2,4,6,8,10H,3,7,9H2,1H3,(H,16,17). The van der Waals surface area contributed by atoms with Gasteiger partial charge in [0.1, 0.15) is 0 Å². The van der Waals surface area contributed by atoms with Crippen LogP contribution in [0, 0.1) is 11.3 Å². The van der Waals surface area contributed by atoms with Crippen LogP contribution in [0.2, 0.25) is 0 Å². The van der Waals surface area contributed by atoms with Gasteiger partial charge in [-0.05, 0) is 18.6 Å². The second kappa shape index (κ2) is 6.98. The Morgan fingerprint density at radius 1 is 1.60 bits per heavy atom. The number of hydrogen-bond acceptors (Lipinski definition) is 5. The fourth-order valence-corrected chi connectivity index (χ4v) is 2.89. The minimum Gasteiger partial charge on any atom is -0.480 e. The summed E-state index contributed by atoms with van der Waals surface area (Å²) in [5.41, 5.74) is 0.631. The van der Waals surface area contributed by atoms with E-state index in [4.69, 9.17) is 10.4 Å². The summed E-state index contributed by atoms with van der Waals surface area (Å²) in [6, 6.07) is 5.20. The number of pyridine rings is 1. The summed E-state index contributed by atoms with van der Waals surface area (Å²) in [6.07, 6.45) is 3.05. The van der Waals surface area contributed by atoms with E-state index in [2.05, 4.69) is 4.98 Å². The molecule has 1 heterocycles. The van der Waals surface area contributed by atoms with E-state index in [1.54, 1.807) is 18.3 Å². The number of rotatable bonds is 7. The summed E-state index contributed by atoms with van der Waals surface area (Å²) in [6.45, 7) is 1.06. The molecule has 0 amide bonds. The molecule has 8 heteroatoms. The van der Waals surface area contributed by atoms with Crippen molar-refractivity contribution in [1.82, 2.24) is 9.29 Å². The largest absolute Gasteiger partial charge is 0.480 e. The van der Waals surface area contributed by atoms with Crippen molar-refractivity contribution in [2.24, 2.45) is 0 Å². The fourth-order valence-electron chi connectivity index (χ4n) is 1.52. The first kappa shape index (κ1) is 16.1. The van der Waals surface area contributed by atoms with Gasteiger partial charge in [-0.2, -0.15) is 9.57 Å². The molecular formula is C12H15N3O4S. The van der Waals surface area contributed by atoms with Crippen molar-refractivity contribution in [3.8, 4) is 6.07 Å². The summed E-state index contributed by atoms with van der Waals surface area (Å²) >= 11 is 0. The van der Waals surface area contributed by atoms with Crippen LogP contribution in [-0.4, -0.2) is 40.6 Å². The van der Waals surface area contributed by atoms with Crippen molar-refractivity contribution in [2.45, 2.75) is 25.1 Å². The lowest BCUT2D eigenvalue weighted by molar-refractivity contribution is -0.136. The molecule has 1 aromatic rings. The number of nitriles is 1. The lowest BCUT2D eigenvalue weighted by Crippen LogP contribution is -2.41. The van der Waals surface area contributed by atoms with Crippen LogP contribution in [0.1, 0.15) is 18.9 Å². The van der Waals surface area contributed by atoms with Gasteiger partial charge in [0.25, 0.3) is 0 Å². The zero-order chi connectivity index (χ0) is 15.2. The summed E-state index contributed by atoms with van der Waals surface area (Å²) in [4.78, 5) is 14.8. The van der Waals surface area contributed by atoms with Crippen molar-refractivity contribution in [1.29, 1.82) is 5.26 Å². The lowest BCUT2D eigenvalue weighted by atomic mass is 10.3. The van der Waals surface area contributed by atoms with Gasteiger partial charge >= 0.3 is 5.97 Å². The van der Waals surface area contributed by atoms with Crippen LogP contribution in [-0.2, 0) is 21.4 Å². The lowest BCUT2D eigenvalue weighted by Gasteiger charge is -2.23. The van der Waals surface area contributed by atoms with Crippen molar-refractivity contribution < 1.29 is 18.3 Å². The molecule has 1 N–H and O–H groups in total. The minimum absolute atomic E-state index is 0.00449. The average molecular weight is 297 g/mol. The molecule has 1 aromatic heterocycles. The second-order valence-corrected chi connectivity index (χ2v) is 6.38. The number of carboxylic acid groups (broad SMARTS) is 1. The van der Waals surface area contributed by atoms with E-state index in [1.165, 1.54) is 6.20 Å². The van der Waals surface area contributed by atoms with Crippen LogP contribution in [0.3, 0.4) is 0 Å². The quantitative estimate of drug-likeness (QED) is 0.788. The number of carbonyl (C=O) groups is 1. The van der Waals surface area contributed by atoms with Crippen LogP contribution in [0.15, 0.2) is 24.5 Å². The molecule has 0 saturated carbocycles. The first-order valence-electron chi connectivity index (χ1n) is 5.87. The maximum absolute atomic E-state index is 12.2. The molecule has 0 spiro atoms. The third kappa shape index (κ3) is 4.01. The predicted molar refractivity (Wildman–Crippen MR) is 70.9 cm³/mol. The predicted octanol–water partition coefficient (Wildman–Crippen LogP) is 0.600. The summed E-state index contributed by atoms with van der Waals surface area (Å²) in [5, 5.41) is 15.9. The Hall–Kier alpha value is -1.98. The highest BCUT2D eigenvalue weighted by molar-refractivity contribution is 7.90. The molecule has 108 valence electrons. The summed E-state index contributed by atoms with van der Waals surface area (Å²) < 4.78 is 25.4. The van der Waals surface area contributed by atoms with Crippen LogP contribution in [0.25, 0.3) is 0 Å². The average Bonchev–Trinajstić information content (AvgIpc) is 2.43. The van der Waals surface area contributed by atoms with Gasteiger partial charge in [0.2, 0.25) is 10.0 Å². The molecule has 1 rings (SSSR count). The van der Waals surface area contributed by atoms with E-state index in [1.807, 2.05) is 6.07 Å². The van der Waals surface area contributed by atoms with E-state index in [0.29, 0.717) is 5.56 Å². The first-order valence-corrected chi connectivity index (χ1v) is 7.37. The van der Waals surface area contributed by atoms with E-state index in [0.717, 1.165) is 11.2 Å². The molecule has 0 aromatic carbocycles. The van der Waals surface area contributed by atoms with Crippen LogP contribution >= 0.6 is 0 Å². The number of nitrogens with zero attached hydrogens (tertiary/aromatic N) is 3. The Morgan fingerprint density at radius 2 is 2.30 bits per heavy atom. The Kier molecular flexibility index (Phi) is 5.61. The third-order valence-corrected chi connectivity index (χ3v) is 4.84. The molecular weight excluding hydrogens is 282 g/mol. The van der Waals surface area contributed by atoms with Gasteiger partial charge in [-0.25, -0.2) is 8.42 Å². The number of carboxylic acids is 1. The van der Waals surface area contributed by atoms with Gasteiger partial charge in [-0.3, -0.25) is 9.78 Å². The molecule has 0 aliphatic carbocycles. The van der Waals surface area contributed by atoms with Gasteiger partial charge in [0, 0.05) is 31.9 Å². The van der Waals surface area contributed by atoms with Crippen molar-refractivity contribution >= 4 is 16.0 Å². The van der Waals surface area contributed by atoms with Gasteiger partial charge < -0.3 is 5.11 Å². The smallest absolute Gasteiger partial charge is 0.323 e. The van der Waals surface area contributed by atoms with E-state index >= 15 is 0 Å². The number of hydrogen-bond donors (Lipinski definition) is 1. The second-order valence-electron chi connectivity index (χ2n) is 4.13. The Balaban J connectivity index is 3.00. The highest BCUT2D eigenvalue weighted by Gasteiger charge is 2.33. The molecule has 0 aliphatic heterocycles. The van der Waals surface area contributed by atoms with E-state index in [9.17, 15) is 13.2 Å². The van der Waals surface area contributed by atoms with Crippen molar-refractivity contribution in [3.63, 3.8) is 0 Å². The molecule has 7 nitrogen and oxygen atoms in total. The summed E-state index contributed by atoms with van der Waals surface area (Å²) in [7, 11) is -4.02. The summed E-state index contributed by atoms with van der Waals surface area (Å²) in [5.74, 6) is -1.42. The fraction of sp³-hybridized carbons (Fsp3) is 0.417.